The lowest BCUT2D eigenvalue weighted by Crippen LogP contribution is -1.97. The van der Waals surface area contributed by atoms with Crippen LogP contribution < -0.4 is 0 Å². The van der Waals surface area contributed by atoms with Gasteiger partial charge in [-0.05, 0) is 17.7 Å². The Bertz CT molecular complexity index is 512. The van der Waals surface area contributed by atoms with E-state index in [0.717, 1.165) is 11.8 Å². The molecule has 1 rings (SSSR count). The van der Waals surface area contributed by atoms with Gasteiger partial charge in [0, 0.05) is 6.26 Å². The van der Waals surface area contributed by atoms with Gasteiger partial charge >= 0.3 is 5.97 Å². The van der Waals surface area contributed by atoms with Crippen molar-refractivity contribution in [3.63, 3.8) is 0 Å². The van der Waals surface area contributed by atoms with Gasteiger partial charge in [-0.2, -0.15) is 0 Å². The van der Waals surface area contributed by atoms with Gasteiger partial charge in [0.15, 0.2) is 9.84 Å². The zero-order valence-electron chi connectivity index (χ0n) is 9.71. The summed E-state index contributed by atoms with van der Waals surface area (Å²) in [5, 5.41) is 0. The fourth-order valence-electron chi connectivity index (χ4n) is 1.20. The molecule has 1 aromatic rings. The molecule has 17 heavy (non-hydrogen) atoms. The Morgan fingerprint density at radius 1 is 1.29 bits per heavy atom. The predicted octanol–water partition coefficient (Wildman–Crippen LogP) is 1.67. The summed E-state index contributed by atoms with van der Waals surface area (Å²) in [5.74, 6) is -0.311. The summed E-state index contributed by atoms with van der Waals surface area (Å²) in [5.41, 5.74) is 0.835. The summed E-state index contributed by atoms with van der Waals surface area (Å²) in [6, 6.07) is 6.44. The number of hydrogen-bond acceptors (Lipinski definition) is 4. The number of benzene rings is 1. The summed E-state index contributed by atoms with van der Waals surface area (Å²) in [7, 11) is -1.83. The highest BCUT2D eigenvalue weighted by Gasteiger charge is 2.05. The third kappa shape index (κ3) is 4.40. The number of rotatable bonds is 4. The first-order valence-corrected chi connectivity index (χ1v) is 6.86. The van der Waals surface area contributed by atoms with Crippen molar-refractivity contribution < 1.29 is 17.9 Å². The van der Waals surface area contributed by atoms with Gasteiger partial charge in [-0.3, -0.25) is 4.79 Å². The van der Waals surface area contributed by atoms with E-state index in [-0.39, 0.29) is 17.3 Å². The topological polar surface area (TPSA) is 60.4 Å². The van der Waals surface area contributed by atoms with Gasteiger partial charge in [-0.15, -0.1) is 0 Å². The Kier molecular flexibility index (Phi) is 4.45. The number of methoxy groups -OCH3 is 1. The van der Waals surface area contributed by atoms with Crippen LogP contribution in [-0.2, 0) is 19.4 Å². The maximum absolute atomic E-state index is 11.2. The minimum atomic E-state index is -3.16. The second kappa shape index (κ2) is 5.63. The fourth-order valence-corrected chi connectivity index (χ4v) is 1.83. The standard InChI is InChI=1S/C12H14O4S/c1-16-12(13)5-3-4-10-6-8-11(9-7-10)17(2,14)15/h3-4,6-9H,5H2,1-2H3. The number of carbonyl (C=O) groups is 1. The van der Waals surface area contributed by atoms with Crippen LogP contribution in [0.4, 0.5) is 0 Å². The monoisotopic (exact) mass is 254 g/mol. The fraction of sp³-hybridized carbons (Fsp3) is 0.250. The normalized spacial score (nSPS) is 11.6. The molecule has 0 heterocycles. The Hall–Kier alpha value is -1.62. The zero-order valence-corrected chi connectivity index (χ0v) is 10.5. The molecule has 0 atom stereocenters. The van der Waals surface area contributed by atoms with Gasteiger partial charge in [0.1, 0.15) is 0 Å². The summed E-state index contributed by atoms with van der Waals surface area (Å²) in [6.07, 6.45) is 4.77. The highest BCUT2D eigenvalue weighted by Crippen LogP contribution is 2.11. The van der Waals surface area contributed by atoms with Gasteiger partial charge in [-0.25, -0.2) is 8.42 Å². The van der Waals surface area contributed by atoms with Crippen molar-refractivity contribution in [1.82, 2.24) is 0 Å². The number of sulfone groups is 1. The number of hydrogen-bond donors (Lipinski definition) is 0. The zero-order chi connectivity index (χ0) is 12.9. The maximum atomic E-state index is 11.2. The Morgan fingerprint density at radius 3 is 2.35 bits per heavy atom. The van der Waals surface area contributed by atoms with Crippen LogP contribution in [-0.4, -0.2) is 27.8 Å². The van der Waals surface area contributed by atoms with Crippen LogP contribution in [0.2, 0.25) is 0 Å². The second-order valence-electron chi connectivity index (χ2n) is 3.52. The number of carbonyl (C=O) groups excluding carboxylic acids is 1. The molecular formula is C12H14O4S. The van der Waals surface area contributed by atoms with E-state index in [4.69, 9.17) is 0 Å². The van der Waals surface area contributed by atoms with Gasteiger partial charge < -0.3 is 4.74 Å². The third-order valence-electron chi connectivity index (χ3n) is 2.13. The van der Waals surface area contributed by atoms with Gasteiger partial charge in [-0.1, -0.05) is 24.3 Å². The third-order valence-corrected chi connectivity index (χ3v) is 3.26. The molecule has 0 aliphatic rings. The largest absolute Gasteiger partial charge is 0.469 e. The second-order valence-corrected chi connectivity index (χ2v) is 5.54. The van der Waals surface area contributed by atoms with E-state index in [9.17, 15) is 13.2 Å². The molecular weight excluding hydrogens is 240 g/mol. The molecule has 0 bridgehead atoms. The highest BCUT2D eigenvalue weighted by atomic mass is 32.2. The van der Waals surface area contributed by atoms with Crippen molar-refractivity contribution in [3.8, 4) is 0 Å². The first-order valence-electron chi connectivity index (χ1n) is 4.97. The van der Waals surface area contributed by atoms with E-state index in [0.29, 0.717) is 0 Å². The lowest BCUT2D eigenvalue weighted by molar-refractivity contribution is -0.139. The quantitative estimate of drug-likeness (QED) is 0.767. The van der Waals surface area contributed by atoms with Crippen molar-refractivity contribution in [3.05, 3.63) is 35.9 Å². The van der Waals surface area contributed by atoms with Gasteiger partial charge in [0.05, 0.1) is 18.4 Å². The van der Waals surface area contributed by atoms with Crippen molar-refractivity contribution in [1.29, 1.82) is 0 Å². The van der Waals surface area contributed by atoms with Crippen LogP contribution in [0, 0.1) is 0 Å². The molecule has 4 nitrogen and oxygen atoms in total. The van der Waals surface area contributed by atoms with Crippen molar-refractivity contribution >= 4 is 21.9 Å². The average molecular weight is 254 g/mol. The lowest BCUT2D eigenvalue weighted by atomic mass is 10.2. The molecule has 92 valence electrons. The SMILES string of the molecule is COC(=O)CC=Cc1ccc(S(C)(=O)=O)cc1. The summed E-state index contributed by atoms with van der Waals surface area (Å²) >= 11 is 0. The number of ether oxygens (including phenoxy) is 1. The van der Waals surface area contributed by atoms with E-state index >= 15 is 0 Å². The molecule has 0 fully saturated rings. The maximum Gasteiger partial charge on any atom is 0.309 e. The molecule has 0 aromatic heterocycles. The van der Waals surface area contributed by atoms with Crippen LogP contribution in [0.25, 0.3) is 6.08 Å². The molecule has 0 N–H and O–H groups in total. The molecule has 5 heteroatoms. The van der Waals surface area contributed by atoms with E-state index < -0.39 is 9.84 Å². The Labute approximate surface area is 101 Å². The Morgan fingerprint density at radius 2 is 1.88 bits per heavy atom. The molecule has 0 saturated carbocycles. The van der Waals surface area contributed by atoms with Crippen LogP contribution in [0.15, 0.2) is 35.2 Å². The highest BCUT2D eigenvalue weighted by molar-refractivity contribution is 7.90. The van der Waals surface area contributed by atoms with Gasteiger partial charge in [0.25, 0.3) is 0 Å². The molecule has 0 aliphatic carbocycles. The van der Waals surface area contributed by atoms with E-state index in [1.165, 1.54) is 19.2 Å². The molecule has 1 aromatic carbocycles. The van der Waals surface area contributed by atoms with Crippen LogP contribution >= 0.6 is 0 Å². The lowest BCUT2D eigenvalue weighted by Gasteiger charge is -1.98. The van der Waals surface area contributed by atoms with E-state index in [1.54, 1.807) is 24.3 Å². The van der Waals surface area contributed by atoms with Crippen LogP contribution in [0.1, 0.15) is 12.0 Å². The molecule has 0 saturated heterocycles. The molecule has 0 radical (unpaired) electrons. The first kappa shape index (κ1) is 13.4. The molecule has 0 aliphatic heterocycles. The van der Waals surface area contributed by atoms with Crippen molar-refractivity contribution in [2.24, 2.45) is 0 Å². The summed E-state index contributed by atoms with van der Waals surface area (Å²) < 4.78 is 26.9. The minimum Gasteiger partial charge on any atom is -0.469 e. The minimum absolute atomic E-state index is 0.199. The smallest absolute Gasteiger partial charge is 0.309 e. The summed E-state index contributed by atoms with van der Waals surface area (Å²) in [6.45, 7) is 0. The van der Waals surface area contributed by atoms with Crippen LogP contribution in [0.3, 0.4) is 0 Å². The molecule has 0 amide bonds. The molecule has 0 unspecified atom stereocenters. The first-order chi connectivity index (χ1) is 7.93. The molecule has 0 spiro atoms. The summed E-state index contributed by atoms with van der Waals surface area (Å²) in [4.78, 5) is 11.1. The van der Waals surface area contributed by atoms with E-state index in [1.807, 2.05) is 0 Å². The van der Waals surface area contributed by atoms with Crippen molar-refractivity contribution in [2.75, 3.05) is 13.4 Å². The van der Waals surface area contributed by atoms with Crippen LogP contribution in [0.5, 0.6) is 0 Å². The van der Waals surface area contributed by atoms with Crippen molar-refractivity contribution in [2.45, 2.75) is 11.3 Å². The predicted molar refractivity (Wildman–Crippen MR) is 65.2 cm³/mol. The number of esters is 1. The Balaban J connectivity index is 2.72. The van der Waals surface area contributed by atoms with Gasteiger partial charge in [0.2, 0.25) is 0 Å². The van der Waals surface area contributed by atoms with E-state index in [2.05, 4.69) is 4.74 Å². The average Bonchev–Trinajstić information content (AvgIpc) is 2.28.